The van der Waals surface area contributed by atoms with E-state index in [1.165, 1.54) is 12.1 Å². The van der Waals surface area contributed by atoms with Gasteiger partial charge >= 0.3 is 12.1 Å². The quantitative estimate of drug-likeness (QED) is 0.864. The lowest BCUT2D eigenvalue weighted by Crippen LogP contribution is -2.05. The third-order valence-corrected chi connectivity index (χ3v) is 3.59. The molecule has 0 fully saturated rings. The Labute approximate surface area is 118 Å². The summed E-state index contributed by atoms with van der Waals surface area (Å²) >= 11 is 0. The SMILES string of the molecule is CS(=O)(=O)CCc1ccc(-c2noc(C(F)(F)F)n2)cc1. The number of halogens is 3. The van der Waals surface area contributed by atoms with Crippen molar-refractivity contribution in [3.8, 4) is 11.4 Å². The van der Waals surface area contributed by atoms with E-state index in [0.29, 0.717) is 12.0 Å². The molecule has 0 aliphatic carbocycles. The van der Waals surface area contributed by atoms with Crippen LogP contribution in [0, 0.1) is 0 Å². The highest BCUT2D eigenvalue weighted by molar-refractivity contribution is 7.90. The third kappa shape index (κ3) is 4.28. The molecule has 1 heterocycles. The molecule has 0 aliphatic rings. The van der Waals surface area contributed by atoms with Gasteiger partial charge in [0.2, 0.25) is 5.82 Å². The van der Waals surface area contributed by atoms with Gasteiger partial charge in [-0.05, 0) is 12.0 Å². The second kappa shape index (κ2) is 5.47. The van der Waals surface area contributed by atoms with Gasteiger partial charge in [-0.3, -0.25) is 0 Å². The molecule has 2 aromatic rings. The van der Waals surface area contributed by atoms with E-state index in [1.54, 1.807) is 12.1 Å². The number of rotatable bonds is 4. The van der Waals surface area contributed by atoms with E-state index in [2.05, 4.69) is 14.7 Å². The topological polar surface area (TPSA) is 73.1 Å². The van der Waals surface area contributed by atoms with Crippen LogP contribution in [0.1, 0.15) is 11.5 Å². The standard InChI is InChI=1S/C12H11F3N2O3S/c1-21(18,19)7-6-8-2-4-9(5-3-8)10-16-11(20-17-10)12(13,14)15/h2-5H,6-7H2,1H3. The van der Waals surface area contributed by atoms with Crippen LogP contribution in [0.4, 0.5) is 13.2 Å². The Kier molecular flexibility index (Phi) is 4.04. The van der Waals surface area contributed by atoms with Crippen molar-refractivity contribution in [2.24, 2.45) is 0 Å². The average molecular weight is 320 g/mol. The normalized spacial score (nSPS) is 12.6. The Morgan fingerprint density at radius 2 is 1.81 bits per heavy atom. The summed E-state index contributed by atoms with van der Waals surface area (Å²) in [7, 11) is -3.06. The lowest BCUT2D eigenvalue weighted by Gasteiger charge is -2.01. The second-order valence-electron chi connectivity index (χ2n) is 4.50. The van der Waals surface area contributed by atoms with E-state index in [-0.39, 0.29) is 11.6 Å². The number of nitrogens with zero attached hydrogens (tertiary/aromatic N) is 2. The Hall–Kier alpha value is -1.90. The van der Waals surface area contributed by atoms with Gasteiger partial charge in [-0.2, -0.15) is 18.2 Å². The number of aromatic nitrogens is 2. The van der Waals surface area contributed by atoms with E-state index < -0.39 is 21.9 Å². The van der Waals surface area contributed by atoms with Crippen LogP contribution >= 0.6 is 0 Å². The van der Waals surface area contributed by atoms with Crippen LogP contribution < -0.4 is 0 Å². The Morgan fingerprint density at radius 3 is 2.29 bits per heavy atom. The predicted molar refractivity (Wildman–Crippen MR) is 68.2 cm³/mol. The van der Waals surface area contributed by atoms with Crippen molar-refractivity contribution in [1.82, 2.24) is 10.1 Å². The van der Waals surface area contributed by atoms with Crippen molar-refractivity contribution in [3.63, 3.8) is 0 Å². The van der Waals surface area contributed by atoms with Gasteiger partial charge in [-0.1, -0.05) is 29.4 Å². The van der Waals surface area contributed by atoms with E-state index in [9.17, 15) is 21.6 Å². The molecule has 0 amide bonds. The third-order valence-electron chi connectivity index (χ3n) is 2.64. The van der Waals surface area contributed by atoms with Crippen LogP contribution in [0.2, 0.25) is 0 Å². The first kappa shape index (κ1) is 15.5. The minimum atomic E-state index is -4.68. The molecule has 0 unspecified atom stereocenters. The van der Waals surface area contributed by atoms with Gasteiger partial charge in [-0.15, -0.1) is 0 Å². The molecule has 1 aromatic heterocycles. The van der Waals surface area contributed by atoms with Crippen LogP contribution in [0.3, 0.4) is 0 Å². The Morgan fingerprint density at radius 1 is 1.19 bits per heavy atom. The smallest absolute Gasteiger partial charge is 0.329 e. The maximum Gasteiger partial charge on any atom is 0.471 e. The first-order chi connectivity index (χ1) is 9.65. The van der Waals surface area contributed by atoms with E-state index in [4.69, 9.17) is 0 Å². The highest BCUT2D eigenvalue weighted by Gasteiger charge is 2.38. The van der Waals surface area contributed by atoms with Crippen LogP contribution in [0.15, 0.2) is 28.8 Å². The molecule has 0 bridgehead atoms. The molecule has 5 nitrogen and oxygen atoms in total. The van der Waals surface area contributed by atoms with Gasteiger partial charge in [-0.25, -0.2) is 8.42 Å². The fourth-order valence-electron chi connectivity index (χ4n) is 1.58. The first-order valence-corrected chi connectivity index (χ1v) is 7.89. The molecule has 2 rings (SSSR count). The maximum absolute atomic E-state index is 12.3. The highest BCUT2D eigenvalue weighted by Crippen LogP contribution is 2.29. The maximum atomic E-state index is 12.3. The number of sulfone groups is 1. The zero-order valence-electron chi connectivity index (χ0n) is 10.9. The number of hydrogen-bond acceptors (Lipinski definition) is 5. The van der Waals surface area contributed by atoms with Gasteiger partial charge in [0.05, 0.1) is 5.75 Å². The summed E-state index contributed by atoms with van der Waals surface area (Å²) in [5, 5.41) is 3.27. The molecular weight excluding hydrogens is 309 g/mol. The van der Waals surface area contributed by atoms with Crippen molar-refractivity contribution in [2.45, 2.75) is 12.6 Å². The van der Waals surface area contributed by atoms with Gasteiger partial charge in [0, 0.05) is 11.8 Å². The largest absolute Gasteiger partial charge is 0.471 e. The summed E-state index contributed by atoms with van der Waals surface area (Å²) in [6.45, 7) is 0. The molecule has 1 aromatic carbocycles. The van der Waals surface area contributed by atoms with Gasteiger partial charge < -0.3 is 4.52 Å². The fraction of sp³-hybridized carbons (Fsp3) is 0.333. The molecule has 0 atom stereocenters. The van der Waals surface area contributed by atoms with Crippen molar-refractivity contribution in [2.75, 3.05) is 12.0 Å². The van der Waals surface area contributed by atoms with Crippen LogP contribution in [-0.2, 0) is 22.4 Å². The lowest BCUT2D eigenvalue weighted by atomic mass is 10.1. The number of hydrogen-bond donors (Lipinski definition) is 0. The lowest BCUT2D eigenvalue weighted by molar-refractivity contribution is -0.159. The highest BCUT2D eigenvalue weighted by atomic mass is 32.2. The fourth-order valence-corrected chi connectivity index (χ4v) is 2.19. The second-order valence-corrected chi connectivity index (χ2v) is 6.76. The van der Waals surface area contributed by atoms with Crippen molar-refractivity contribution in [1.29, 1.82) is 0 Å². The van der Waals surface area contributed by atoms with E-state index in [0.717, 1.165) is 11.8 Å². The van der Waals surface area contributed by atoms with Gasteiger partial charge in [0.15, 0.2) is 0 Å². The van der Waals surface area contributed by atoms with Crippen LogP contribution in [-0.4, -0.2) is 30.6 Å². The summed E-state index contributed by atoms with van der Waals surface area (Å²) < 4.78 is 63.3. The summed E-state index contributed by atoms with van der Waals surface area (Å²) in [6.07, 6.45) is -3.21. The minimum Gasteiger partial charge on any atom is -0.329 e. The molecule has 0 saturated carbocycles. The monoisotopic (exact) mass is 320 g/mol. The summed E-state index contributed by atoms with van der Waals surface area (Å²) in [5.41, 5.74) is 1.11. The van der Waals surface area contributed by atoms with Crippen LogP contribution in [0.25, 0.3) is 11.4 Å². The van der Waals surface area contributed by atoms with Gasteiger partial charge in [0.25, 0.3) is 0 Å². The number of aryl methyl sites for hydroxylation is 1. The Bertz CT molecular complexity index is 721. The molecule has 0 aliphatic heterocycles. The number of benzene rings is 1. The molecule has 0 N–H and O–H groups in total. The molecule has 0 spiro atoms. The zero-order valence-corrected chi connectivity index (χ0v) is 11.7. The zero-order chi connectivity index (χ0) is 15.7. The molecule has 114 valence electrons. The van der Waals surface area contributed by atoms with Crippen LogP contribution in [0.5, 0.6) is 0 Å². The van der Waals surface area contributed by atoms with Crippen molar-refractivity contribution < 1.29 is 26.1 Å². The first-order valence-electron chi connectivity index (χ1n) is 5.83. The van der Waals surface area contributed by atoms with E-state index in [1.807, 2.05) is 0 Å². The predicted octanol–water partition coefficient (Wildman–Crippen LogP) is 2.34. The van der Waals surface area contributed by atoms with Gasteiger partial charge in [0.1, 0.15) is 9.84 Å². The van der Waals surface area contributed by atoms with Crippen molar-refractivity contribution >= 4 is 9.84 Å². The molecular formula is C12H11F3N2O3S. The minimum absolute atomic E-state index is 0.00673. The Balaban J connectivity index is 2.14. The molecule has 0 radical (unpaired) electrons. The molecule has 0 saturated heterocycles. The van der Waals surface area contributed by atoms with Crippen molar-refractivity contribution in [3.05, 3.63) is 35.7 Å². The number of alkyl halides is 3. The molecule has 9 heteroatoms. The summed E-state index contributed by atoms with van der Waals surface area (Å²) in [5.74, 6) is -1.57. The summed E-state index contributed by atoms with van der Waals surface area (Å²) in [6, 6.07) is 6.26. The van der Waals surface area contributed by atoms with E-state index >= 15 is 0 Å². The average Bonchev–Trinajstić information content (AvgIpc) is 2.85. The summed E-state index contributed by atoms with van der Waals surface area (Å²) in [4.78, 5) is 3.27. The molecule has 21 heavy (non-hydrogen) atoms.